The molecule has 0 aromatic carbocycles. The number of allylic oxidation sites excluding steroid dienone is 4. The van der Waals surface area contributed by atoms with Gasteiger partial charge in [-0.2, -0.15) is 0 Å². The van der Waals surface area contributed by atoms with Crippen LogP contribution in [-0.4, -0.2) is 29.9 Å². The van der Waals surface area contributed by atoms with Crippen molar-refractivity contribution in [3.05, 3.63) is 41.9 Å². The van der Waals surface area contributed by atoms with Gasteiger partial charge in [0, 0.05) is 30.8 Å². The third-order valence-electron chi connectivity index (χ3n) is 8.52. The second-order valence-corrected chi connectivity index (χ2v) is 9.67. The number of carbonyl (C=O) groups is 1. The van der Waals surface area contributed by atoms with Crippen LogP contribution in [-0.2, 0) is 4.79 Å². The summed E-state index contributed by atoms with van der Waals surface area (Å²) in [6, 6.07) is 2.13. The van der Waals surface area contributed by atoms with Crippen LogP contribution in [0, 0.1) is 28.6 Å². The standard InChI is InChI=1S/C24H30N2O2/c1-23-10-9-20-17(5-8-21-24(20,2)12-22(27)26(21)3)19(23)7-6-18(23)15-11-16(28-4)14-25-13-15/h6,8,11,13-14,17,19-20H,5,7,9-10,12H2,1-4H3/t17-,19?,20-,23+,24+/m0/s1. The molecule has 0 radical (unpaired) electrons. The van der Waals surface area contributed by atoms with Crippen LogP contribution in [0.25, 0.3) is 5.57 Å². The monoisotopic (exact) mass is 378 g/mol. The quantitative estimate of drug-likeness (QED) is 0.750. The first kappa shape index (κ1) is 18.0. The number of amides is 1. The number of hydrogen-bond acceptors (Lipinski definition) is 3. The molecular formula is C24H30N2O2. The molecule has 5 atom stereocenters. The SMILES string of the molecule is COc1cncc(C2=CCC3[C@@H]4CC=C5N(C)C(=O)C[C@]5(C)[C@H]4CC[C@]23C)c1. The van der Waals surface area contributed by atoms with Crippen molar-refractivity contribution < 1.29 is 9.53 Å². The zero-order chi connectivity index (χ0) is 19.7. The molecule has 2 heterocycles. The van der Waals surface area contributed by atoms with E-state index in [1.54, 1.807) is 13.3 Å². The van der Waals surface area contributed by atoms with Crippen molar-refractivity contribution >= 4 is 11.5 Å². The maximum Gasteiger partial charge on any atom is 0.227 e. The summed E-state index contributed by atoms with van der Waals surface area (Å²) in [4.78, 5) is 18.8. The summed E-state index contributed by atoms with van der Waals surface area (Å²) >= 11 is 0. The number of methoxy groups -OCH3 is 1. The summed E-state index contributed by atoms with van der Waals surface area (Å²) in [5.74, 6) is 3.01. The molecule has 5 rings (SSSR count). The molecule has 1 saturated heterocycles. The molecule has 0 N–H and O–H groups in total. The molecule has 4 aliphatic rings. The van der Waals surface area contributed by atoms with E-state index in [1.807, 2.05) is 18.1 Å². The van der Waals surface area contributed by atoms with E-state index in [9.17, 15) is 4.79 Å². The maximum absolute atomic E-state index is 12.5. The molecule has 4 heteroatoms. The summed E-state index contributed by atoms with van der Waals surface area (Å²) < 4.78 is 5.42. The average molecular weight is 379 g/mol. The molecule has 28 heavy (non-hydrogen) atoms. The molecular weight excluding hydrogens is 348 g/mol. The van der Waals surface area contributed by atoms with Crippen molar-refractivity contribution in [2.75, 3.05) is 14.2 Å². The van der Waals surface area contributed by atoms with Crippen LogP contribution in [0.5, 0.6) is 5.75 Å². The Morgan fingerprint density at radius 3 is 2.75 bits per heavy atom. The number of fused-ring (bicyclic) bond motifs is 5. The molecule has 3 aliphatic carbocycles. The number of likely N-dealkylation sites (tertiary alicyclic amines) is 1. The normalized spacial score (nSPS) is 39.1. The fraction of sp³-hybridized carbons (Fsp3) is 0.583. The van der Waals surface area contributed by atoms with Crippen LogP contribution in [0.3, 0.4) is 0 Å². The minimum absolute atomic E-state index is 0.0242. The Hall–Kier alpha value is -2.10. The number of rotatable bonds is 2. The van der Waals surface area contributed by atoms with Gasteiger partial charge >= 0.3 is 0 Å². The van der Waals surface area contributed by atoms with Crippen LogP contribution >= 0.6 is 0 Å². The number of carbonyl (C=O) groups excluding carboxylic acids is 1. The topological polar surface area (TPSA) is 42.4 Å². The van der Waals surface area contributed by atoms with E-state index in [0.717, 1.165) is 18.6 Å². The molecule has 148 valence electrons. The maximum atomic E-state index is 12.5. The van der Waals surface area contributed by atoms with E-state index < -0.39 is 0 Å². The van der Waals surface area contributed by atoms with Gasteiger partial charge in [0.1, 0.15) is 5.75 Å². The summed E-state index contributed by atoms with van der Waals surface area (Å²) in [6.45, 7) is 4.80. The predicted octanol–water partition coefficient (Wildman–Crippen LogP) is 4.68. The van der Waals surface area contributed by atoms with Gasteiger partial charge in [-0.25, -0.2) is 0 Å². The van der Waals surface area contributed by atoms with Gasteiger partial charge in [-0.3, -0.25) is 9.78 Å². The van der Waals surface area contributed by atoms with Crippen LogP contribution in [0.2, 0.25) is 0 Å². The van der Waals surface area contributed by atoms with Gasteiger partial charge in [0.05, 0.1) is 13.3 Å². The third-order valence-corrected chi connectivity index (χ3v) is 8.52. The van der Waals surface area contributed by atoms with Crippen LogP contribution < -0.4 is 4.74 Å². The van der Waals surface area contributed by atoms with Gasteiger partial charge in [-0.15, -0.1) is 0 Å². The third kappa shape index (κ3) is 2.23. The lowest BCUT2D eigenvalue weighted by Gasteiger charge is -2.54. The largest absolute Gasteiger partial charge is 0.495 e. The fourth-order valence-electron chi connectivity index (χ4n) is 7.08. The van der Waals surface area contributed by atoms with Crippen LogP contribution in [0.4, 0.5) is 0 Å². The molecule has 1 saturated carbocycles. The van der Waals surface area contributed by atoms with Crippen molar-refractivity contribution in [3.8, 4) is 5.75 Å². The Labute approximate surface area is 167 Å². The predicted molar refractivity (Wildman–Crippen MR) is 109 cm³/mol. The molecule has 1 amide bonds. The first-order valence-electron chi connectivity index (χ1n) is 10.6. The van der Waals surface area contributed by atoms with Gasteiger partial charge in [-0.1, -0.05) is 26.0 Å². The lowest BCUT2D eigenvalue weighted by Crippen LogP contribution is -2.47. The van der Waals surface area contributed by atoms with Gasteiger partial charge < -0.3 is 9.64 Å². The van der Waals surface area contributed by atoms with Crippen molar-refractivity contribution in [1.29, 1.82) is 0 Å². The highest BCUT2D eigenvalue weighted by molar-refractivity contribution is 5.83. The summed E-state index contributed by atoms with van der Waals surface area (Å²) in [7, 11) is 3.66. The molecule has 1 aliphatic heterocycles. The van der Waals surface area contributed by atoms with Gasteiger partial charge in [-0.05, 0) is 66.1 Å². The van der Waals surface area contributed by atoms with E-state index in [0.29, 0.717) is 24.2 Å². The molecule has 4 nitrogen and oxygen atoms in total. The summed E-state index contributed by atoms with van der Waals surface area (Å²) in [5, 5.41) is 0. The highest BCUT2D eigenvalue weighted by atomic mass is 16.5. The van der Waals surface area contributed by atoms with Crippen LogP contribution in [0.15, 0.2) is 36.3 Å². The fourth-order valence-corrected chi connectivity index (χ4v) is 7.08. The number of hydrogen-bond donors (Lipinski definition) is 0. The van der Waals surface area contributed by atoms with Crippen molar-refractivity contribution in [2.45, 2.75) is 46.0 Å². The van der Waals surface area contributed by atoms with Crippen LogP contribution in [0.1, 0.15) is 51.5 Å². The Morgan fingerprint density at radius 1 is 1.14 bits per heavy atom. The lowest BCUT2D eigenvalue weighted by molar-refractivity contribution is -0.126. The average Bonchev–Trinajstić information content (AvgIpc) is 3.15. The molecule has 1 aromatic rings. The van der Waals surface area contributed by atoms with Crippen molar-refractivity contribution in [3.63, 3.8) is 0 Å². The molecule has 1 unspecified atom stereocenters. The van der Waals surface area contributed by atoms with Crippen molar-refractivity contribution in [1.82, 2.24) is 9.88 Å². The Bertz CT molecular complexity index is 904. The number of pyridine rings is 1. The van der Waals surface area contributed by atoms with Gasteiger partial charge in [0.2, 0.25) is 5.91 Å². The van der Waals surface area contributed by atoms with E-state index >= 15 is 0 Å². The summed E-state index contributed by atoms with van der Waals surface area (Å²) in [6.07, 6.45) is 13.9. The van der Waals surface area contributed by atoms with E-state index in [2.05, 4.69) is 37.0 Å². The molecule has 0 spiro atoms. The van der Waals surface area contributed by atoms with E-state index in [-0.39, 0.29) is 16.7 Å². The minimum Gasteiger partial charge on any atom is -0.495 e. The first-order chi connectivity index (χ1) is 13.4. The van der Waals surface area contributed by atoms with Crippen molar-refractivity contribution in [2.24, 2.45) is 28.6 Å². The first-order valence-corrected chi connectivity index (χ1v) is 10.6. The number of aromatic nitrogens is 1. The zero-order valence-electron chi connectivity index (χ0n) is 17.4. The molecule has 1 aromatic heterocycles. The minimum atomic E-state index is 0.0242. The molecule has 0 bridgehead atoms. The van der Waals surface area contributed by atoms with E-state index in [1.165, 1.54) is 29.7 Å². The highest BCUT2D eigenvalue weighted by Gasteiger charge is 2.59. The van der Waals surface area contributed by atoms with Gasteiger partial charge in [0.25, 0.3) is 0 Å². The number of ether oxygens (including phenoxy) is 1. The van der Waals surface area contributed by atoms with Gasteiger partial charge in [0.15, 0.2) is 0 Å². The lowest BCUT2D eigenvalue weighted by atomic mass is 9.50. The molecule has 2 fully saturated rings. The highest BCUT2D eigenvalue weighted by Crippen LogP contribution is 2.66. The second-order valence-electron chi connectivity index (χ2n) is 9.67. The van der Waals surface area contributed by atoms with E-state index in [4.69, 9.17) is 4.74 Å². The zero-order valence-corrected chi connectivity index (χ0v) is 17.4. The Morgan fingerprint density at radius 2 is 1.96 bits per heavy atom. The Kier molecular flexibility index (Phi) is 3.82. The number of nitrogens with zero attached hydrogens (tertiary/aromatic N) is 2. The summed E-state index contributed by atoms with van der Waals surface area (Å²) in [5.41, 5.74) is 4.14. The second kappa shape index (κ2) is 5.95. The smallest absolute Gasteiger partial charge is 0.227 e. The Balaban J connectivity index is 1.49.